The molecule has 1 aliphatic rings. The molecule has 3 amide bonds. The minimum Gasteiger partial charge on any atom is -0.380 e. The van der Waals surface area contributed by atoms with E-state index in [1.165, 1.54) is 12.1 Å². The topological polar surface area (TPSA) is 84.7 Å². The van der Waals surface area contributed by atoms with Crippen molar-refractivity contribution in [3.8, 4) is 0 Å². The van der Waals surface area contributed by atoms with Crippen LogP contribution in [-0.4, -0.2) is 42.6 Å². The molecular weight excluding hydrogens is 277 g/mol. The summed E-state index contributed by atoms with van der Waals surface area (Å²) in [5.41, 5.74) is 5.22. The smallest absolute Gasteiger partial charge is 0.322 e. The highest BCUT2D eigenvalue weighted by Crippen LogP contribution is 2.18. The number of nitrogens with one attached hydrogen (secondary N) is 1. The van der Waals surface area contributed by atoms with Crippen molar-refractivity contribution in [2.75, 3.05) is 25.1 Å². The fourth-order valence-corrected chi connectivity index (χ4v) is 2.16. The Bertz CT molecular complexity index is 550. The van der Waals surface area contributed by atoms with Crippen molar-refractivity contribution >= 4 is 17.6 Å². The number of halogens is 1. The Morgan fingerprint density at radius 1 is 1.43 bits per heavy atom. The summed E-state index contributed by atoms with van der Waals surface area (Å²) in [5.74, 6) is -1.30. The van der Waals surface area contributed by atoms with Crippen molar-refractivity contribution in [3.63, 3.8) is 0 Å². The van der Waals surface area contributed by atoms with Crippen molar-refractivity contribution in [3.05, 3.63) is 29.6 Å². The molecule has 7 heteroatoms. The first-order valence-corrected chi connectivity index (χ1v) is 6.73. The average Bonchev–Trinajstić information content (AvgIpc) is 2.65. The van der Waals surface area contributed by atoms with Gasteiger partial charge in [0.1, 0.15) is 5.82 Å². The lowest BCUT2D eigenvalue weighted by Crippen LogP contribution is -2.42. The Morgan fingerprint density at radius 3 is 2.90 bits per heavy atom. The summed E-state index contributed by atoms with van der Waals surface area (Å²) in [6, 6.07) is 3.18. The molecule has 2 rings (SSSR count). The molecule has 1 unspecified atom stereocenters. The van der Waals surface area contributed by atoms with Crippen LogP contribution in [0.3, 0.4) is 0 Å². The fraction of sp³-hybridized carbons (Fsp3) is 0.429. The zero-order valence-corrected chi connectivity index (χ0v) is 11.8. The van der Waals surface area contributed by atoms with E-state index in [4.69, 9.17) is 10.5 Å². The van der Waals surface area contributed by atoms with Crippen molar-refractivity contribution in [2.24, 2.45) is 5.73 Å². The summed E-state index contributed by atoms with van der Waals surface area (Å²) in [7, 11) is 0. The van der Waals surface area contributed by atoms with Gasteiger partial charge in [-0.15, -0.1) is 0 Å². The van der Waals surface area contributed by atoms with Crippen molar-refractivity contribution < 1.29 is 18.7 Å². The Kier molecular flexibility index (Phi) is 4.74. The van der Waals surface area contributed by atoms with E-state index in [1.807, 2.05) is 6.92 Å². The first kappa shape index (κ1) is 15.2. The molecule has 6 nitrogen and oxygen atoms in total. The summed E-state index contributed by atoms with van der Waals surface area (Å²) in [5, 5.41) is 2.48. The van der Waals surface area contributed by atoms with Crippen LogP contribution in [-0.2, 0) is 4.74 Å². The van der Waals surface area contributed by atoms with Gasteiger partial charge in [-0.25, -0.2) is 9.18 Å². The van der Waals surface area contributed by atoms with Gasteiger partial charge in [0.05, 0.1) is 12.3 Å². The highest BCUT2D eigenvalue weighted by Gasteiger charge is 2.23. The third kappa shape index (κ3) is 3.69. The van der Waals surface area contributed by atoms with Crippen LogP contribution < -0.4 is 11.1 Å². The van der Waals surface area contributed by atoms with E-state index in [9.17, 15) is 14.0 Å². The molecule has 1 aliphatic heterocycles. The molecule has 0 aliphatic carbocycles. The lowest BCUT2D eigenvalue weighted by molar-refractivity contribution is 0.1000. The molecule has 0 bridgehead atoms. The monoisotopic (exact) mass is 295 g/mol. The van der Waals surface area contributed by atoms with E-state index in [0.717, 1.165) is 12.5 Å². The largest absolute Gasteiger partial charge is 0.380 e. The zero-order valence-electron chi connectivity index (χ0n) is 11.8. The molecule has 1 aromatic carbocycles. The lowest BCUT2D eigenvalue weighted by atomic mass is 10.2. The van der Waals surface area contributed by atoms with Crippen LogP contribution in [0.2, 0.25) is 0 Å². The van der Waals surface area contributed by atoms with Crippen LogP contribution in [0.4, 0.5) is 14.9 Å². The predicted octanol–water partition coefficient (Wildman–Crippen LogP) is 1.57. The molecule has 0 aromatic heterocycles. The summed E-state index contributed by atoms with van der Waals surface area (Å²) >= 11 is 0. The van der Waals surface area contributed by atoms with Gasteiger partial charge in [0.2, 0.25) is 5.91 Å². The molecule has 1 fully saturated rings. The van der Waals surface area contributed by atoms with Gasteiger partial charge in [-0.05, 0) is 31.5 Å². The Labute approximate surface area is 122 Å². The van der Waals surface area contributed by atoms with E-state index < -0.39 is 17.8 Å². The summed E-state index contributed by atoms with van der Waals surface area (Å²) < 4.78 is 19.0. The molecule has 1 saturated heterocycles. The third-order valence-corrected chi connectivity index (χ3v) is 3.44. The Balaban J connectivity index is 2.14. The molecule has 1 aromatic rings. The third-order valence-electron chi connectivity index (χ3n) is 3.44. The number of benzene rings is 1. The summed E-state index contributed by atoms with van der Waals surface area (Å²) in [6.45, 7) is 3.38. The van der Waals surface area contributed by atoms with Gasteiger partial charge < -0.3 is 20.7 Å². The van der Waals surface area contributed by atoms with Gasteiger partial charge in [-0.1, -0.05) is 0 Å². The van der Waals surface area contributed by atoms with Gasteiger partial charge in [0, 0.05) is 24.8 Å². The van der Waals surface area contributed by atoms with Crippen LogP contribution in [0.5, 0.6) is 0 Å². The van der Waals surface area contributed by atoms with Gasteiger partial charge in [-0.2, -0.15) is 0 Å². The molecule has 3 N–H and O–H groups in total. The normalized spacial score (nSPS) is 19.0. The Morgan fingerprint density at radius 2 is 2.19 bits per heavy atom. The average molecular weight is 295 g/mol. The number of carbonyl (C=O) groups is 2. The number of amides is 3. The number of hydrogen-bond donors (Lipinski definition) is 2. The minimum atomic E-state index is -0.679. The van der Waals surface area contributed by atoms with E-state index in [-0.39, 0.29) is 17.3 Å². The number of primary amides is 1. The molecular formula is C14H18FN3O3. The first-order chi connectivity index (χ1) is 9.99. The second-order valence-corrected chi connectivity index (χ2v) is 4.93. The van der Waals surface area contributed by atoms with Crippen LogP contribution in [0.25, 0.3) is 0 Å². The van der Waals surface area contributed by atoms with E-state index in [1.54, 1.807) is 4.90 Å². The lowest BCUT2D eigenvalue weighted by Gasteiger charge is -2.26. The fourth-order valence-electron chi connectivity index (χ4n) is 2.16. The molecule has 21 heavy (non-hydrogen) atoms. The molecule has 114 valence electrons. The van der Waals surface area contributed by atoms with Crippen LogP contribution in [0.15, 0.2) is 18.2 Å². The van der Waals surface area contributed by atoms with Gasteiger partial charge in [-0.3, -0.25) is 4.79 Å². The molecule has 1 atom stereocenters. The molecule has 0 saturated carbocycles. The maximum absolute atomic E-state index is 13.7. The molecule has 0 spiro atoms. The van der Waals surface area contributed by atoms with Crippen molar-refractivity contribution in [1.29, 1.82) is 0 Å². The van der Waals surface area contributed by atoms with E-state index in [0.29, 0.717) is 19.8 Å². The van der Waals surface area contributed by atoms with Crippen LogP contribution in [0.1, 0.15) is 23.7 Å². The number of nitrogens with two attached hydrogens (primary N) is 1. The second kappa shape index (κ2) is 6.53. The Hall–Kier alpha value is -2.15. The predicted molar refractivity (Wildman–Crippen MR) is 75.5 cm³/mol. The van der Waals surface area contributed by atoms with Gasteiger partial charge in [0.25, 0.3) is 0 Å². The number of nitrogens with zero attached hydrogens (tertiary/aromatic N) is 1. The van der Waals surface area contributed by atoms with E-state index in [2.05, 4.69) is 5.32 Å². The minimum absolute atomic E-state index is 0.00474. The highest BCUT2D eigenvalue weighted by molar-refractivity contribution is 5.96. The standard InChI is InChI=1S/C14H18FN3O3/c1-9-4-6-21-7-5-18(9)14(20)17-12-8-10(13(16)19)2-3-11(12)15/h2-3,8-9H,4-7H2,1H3,(H2,16,19)(H,17,20). The number of anilines is 1. The van der Waals surface area contributed by atoms with Crippen molar-refractivity contribution in [2.45, 2.75) is 19.4 Å². The second-order valence-electron chi connectivity index (χ2n) is 4.93. The molecule has 1 heterocycles. The number of rotatable bonds is 2. The summed E-state index contributed by atoms with van der Waals surface area (Å²) in [4.78, 5) is 24.9. The van der Waals surface area contributed by atoms with Crippen LogP contribution >= 0.6 is 0 Å². The zero-order chi connectivity index (χ0) is 15.4. The van der Waals surface area contributed by atoms with Crippen molar-refractivity contribution in [1.82, 2.24) is 4.90 Å². The highest BCUT2D eigenvalue weighted by atomic mass is 19.1. The molecule has 0 radical (unpaired) electrons. The maximum atomic E-state index is 13.7. The number of hydrogen-bond acceptors (Lipinski definition) is 3. The van der Waals surface area contributed by atoms with Gasteiger partial charge >= 0.3 is 6.03 Å². The number of carbonyl (C=O) groups excluding carboxylic acids is 2. The van der Waals surface area contributed by atoms with E-state index >= 15 is 0 Å². The number of urea groups is 1. The van der Waals surface area contributed by atoms with Gasteiger partial charge in [0.15, 0.2) is 0 Å². The van der Waals surface area contributed by atoms with Crippen LogP contribution in [0, 0.1) is 5.82 Å². The first-order valence-electron chi connectivity index (χ1n) is 6.73. The SMILES string of the molecule is CC1CCOCCN1C(=O)Nc1cc(C(N)=O)ccc1F. The number of ether oxygens (including phenoxy) is 1. The summed E-state index contributed by atoms with van der Waals surface area (Å²) in [6.07, 6.45) is 0.719. The maximum Gasteiger partial charge on any atom is 0.322 e. The quantitative estimate of drug-likeness (QED) is 0.868.